The van der Waals surface area contributed by atoms with E-state index in [1.165, 1.54) is 12.8 Å². The summed E-state index contributed by atoms with van der Waals surface area (Å²) in [6, 6.07) is 20.4. The van der Waals surface area contributed by atoms with Gasteiger partial charge in [-0.1, -0.05) is 22.4 Å². The van der Waals surface area contributed by atoms with E-state index in [1.807, 2.05) is 56.1 Å². The molecular weight excluding hydrogens is 1810 g/mol. The van der Waals surface area contributed by atoms with Crippen LogP contribution in [-0.2, 0) is 71.9 Å². The summed E-state index contributed by atoms with van der Waals surface area (Å²) >= 11 is 0. The molecule has 6 aliphatic rings. The molecule has 8 aromatic heterocycles. The van der Waals surface area contributed by atoms with Gasteiger partial charge in [-0.05, 0) is 185 Å². The standard InChI is InChI=1S/C48H55N11O9.C26H26N6O4.C23H32N4O7.CH3F/c1-5-58-37(25-34(56-58)29-11-12-29)52-43-41-32-23-26(2)31(39-27(3)57-68-28(39)4)24-35(32)51-42(41)54-44(55-43)46(62)50-16-8-18-66-20-22-67-21-19-65-17-7-15-49-33-10-6-9-30-40(33)48(64)59(47(30)63)36-13-14-38(60)53-45(36)61;1-5-32-16(8-19(30-32)15-6-7-15)9-21-24-17-11-22(34-4)18(23-13(2)31-36-14(23)3)10-20(17)27-25(24)29-26(28-21)35-12-33;24-8-2-10-32-12-14-34-15-13-33-11-3-9-25-17-5-1-4-16-20(17)23(31)27(22(16)30)18-6-7-19(28)26-21(18)29;1-2/h6,9-10,23-25,29,36,49H,5,7-8,11-22H2,1-4H3,(H,50,62)(H,53,60,61)(H2,51,52,54,55);8,10-12,15H,5-7,9H2,1-4H3,(H,27,28,29);1,4-5,18,25H,2-3,6-15,24H2,(H,26,28,29);1H3/i;;;1D. The Bertz CT molecular complexity index is 6580. The van der Waals surface area contributed by atoms with Gasteiger partial charge in [0.25, 0.3) is 29.5 Å². The van der Waals surface area contributed by atoms with Crippen LogP contribution in [0, 0.1) is 34.6 Å². The number of nitrogens with two attached hydrogens (primary N) is 1. The van der Waals surface area contributed by atoms with Crippen molar-refractivity contribution in [2.45, 2.75) is 169 Å². The maximum atomic E-state index is 13.6. The molecule has 140 heavy (non-hydrogen) atoms. The third-order valence-corrected chi connectivity index (χ3v) is 24.7. The van der Waals surface area contributed by atoms with E-state index < -0.39 is 72.4 Å². The quantitative estimate of drug-likeness (QED) is 0.00972. The number of methoxy groups -OCH3 is 1. The fraction of sp³-hybridized carbons (Fsp3) is 0.449. The zero-order chi connectivity index (χ0) is 99.5. The number of halogens is 1. The average molecular weight is 1930 g/mol. The number of aromatic amines is 2. The minimum Gasteiger partial charge on any atom is -0.496 e. The topological polar surface area (TPSA) is 520 Å². The third-order valence-electron chi connectivity index (χ3n) is 24.7. The SMILES string of the molecule is CCn1nc(C2CC2)cc1Cc1nc(OC=O)nc2[nH]c3cc(-c4c(C)noc4C)c(OC)cc3c12.CCn1nc(C2CC2)cc1Nc1nc(C(=O)NCCCOCCOCCOCCCNc2cccc3c2C(=O)N(C2CCC(=O)NC2=O)C3=O)nc2[nH]c3cc(-c4c(C)noc4C)c(C)cc3c12.NCCCOCCOCCOCCCNc1cccc2c1C(=O)N(C1CCC(=O)NC1=O)C2=O.[2H]CF. The Kier molecular flexibility index (Phi) is 32.9. The van der Waals surface area contributed by atoms with E-state index >= 15 is 0 Å². The van der Waals surface area contributed by atoms with E-state index in [0.717, 1.165) is 142 Å². The number of imide groups is 4. The highest BCUT2D eigenvalue weighted by Gasteiger charge is 2.48. The van der Waals surface area contributed by atoms with Gasteiger partial charge in [0, 0.05) is 152 Å². The molecular formula is C98H116FN21O20. The smallest absolute Gasteiger partial charge is 0.326 e. The van der Waals surface area contributed by atoms with Crippen molar-refractivity contribution < 1.29 is 101 Å². The van der Waals surface area contributed by atoms with Crippen molar-refractivity contribution in [1.29, 1.82) is 0 Å². The van der Waals surface area contributed by atoms with Crippen LogP contribution in [0.15, 0.2) is 81.8 Å². The Labute approximate surface area is 805 Å². The molecule has 2 aliphatic carbocycles. The molecule has 4 aliphatic heterocycles. The average Bonchev–Trinajstić information content (AvgIpc) is 1.58. The largest absolute Gasteiger partial charge is 0.496 e. The molecule has 2 saturated heterocycles. The van der Waals surface area contributed by atoms with E-state index in [-0.39, 0.29) is 59.8 Å². The summed E-state index contributed by atoms with van der Waals surface area (Å²) in [5, 5.41) is 38.6. The van der Waals surface area contributed by atoms with Gasteiger partial charge in [0.1, 0.15) is 52.3 Å². The number of nitrogens with zero attached hydrogens (tertiary/aromatic N) is 12. The normalized spacial score (nSPS) is 15.7. The number of aromatic nitrogens is 12. The number of hydrogen-bond acceptors (Lipinski definition) is 32. The number of anilines is 4. The van der Waals surface area contributed by atoms with Crippen molar-refractivity contribution >= 4 is 127 Å². The summed E-state index contributed by atoms with van der Waals surface area (Å²) < 4.78 is 74.6. The van der Waals surface area contributed by atoms with E-state index in [1.54, 1.807) is 43.5 Å². The summed E-state index contributed by atoms with van der Waals surface area (Å²) in [5.41, 5.74) is 20.5. The molecule has 2 atom stereocenters. The van der Waals surface area contributed by atoms with Crippen molar-refractivity contribution in [3.05, 3.63) is 152 Å². The van der Waals surface area contributed by atoms with Gasteiger partial charge in [0.2, 0.25) is 29.5 Å². The van der Waals surface area contributed by atoms with E-state index in [4.69, 9.17) is 74.2 Å². The highest BCUT2D eigenvalue weighted by Crippen LogP contribution is 2.46. The molecule has 4 fully saturated rings. The van der Waals surface area contributed by atoms with Crippen molar-refractivity contribution in [2.24, 2.45) is 5.73 Å². The van der Waals surface area contributed by atoms with Gasteiger partial charge in [0.05, 0.1) is 130 Å². The van der Waals surface area contributed by atoms with Gasteiger partial charge in [0.15, 0.2) is 0 Å². The number of alkyl halides is 1. The molecule has 0 radical (unpaired) electrons. The van der Waals surface area contributed by atoms with Crippen molar-refractivity contribution in [3.63, 3.8) is 0 Å². The first-order valence-electron chi connectivity index (χ1n) is 47.8. The molecule has 740 valence electrons. The number of aryl methyl sites for hydroxylation is 7. The van der Waals surface area contributed by atoms with E-state index in [0.29, 0.717) is 196 Å². The molecule has 9 amide bonds. The monoisotopic (exact) mass is 1930 g/mol. The lowest BCUT2D eigenvalue weighted by molar-refractivity contribution is -0.137. The zero-order valence-electron chi connectivity index (χ0n) is 80.4. The van der Waals surface area contributed by atoms with Crippen LogP contribution in [0.2, 0.25) is 0 Å². The number of piperidine rings is 2. The lowest BCUT2D eigenvalue weighted by atomic mass is 9.97. The first kappa shape index (κ1) is 98.9. The molecule has 10 N–H and O–H groups in total. The number of hydrogen-bond donors (Lipinski definition) is 9. The second kappa shape index (κ2) is 46.5. The predicted octanol–water partition coefficient (Wildman–Crippen LogP) is 11.1. The summed E-state index contributed by atoms with van der Waals surface area (Å²) in [7, 11) is 0.643. The Morgan fingerprint density at radius 2 is 1.04 bits per heavy atom. The number of carbonyl (C=O) groups is 10. The van der Waals surface area contributed by atoms with Crippen LogP contribution in [0.25, 0.3) is 66.1 Å². The zero-order valence-corrected chi connectivity index (χ0v) is 79.4. The summed E-state index contributed by atoms with van der Waals surface area (Å²) in [4.78, 5) is 152. The number of carbonyl (C=O) groups excluding carboxylic acids is 10. The van der Waals surface area contributed by atoms with Gasteiger partial charge in [-0.3, -0.25) is 77.5 Å². The molecule has 0 spiro atoms. The predicted molar refractivity (Wildman–Crippen MR) is 512 cm³/mol. The van der Waals surface area contributed by atoms with Gasteiger partial charge >= 0.3 is 12.5 Å². The Balaban J connectivity index is 0.000000173. The van der Waals surface area contributed by atoms with Gasteiger partial charge in [-0.15, -0.1) is 0 Å². The van der Waals surface area contributed by atoms with Crippen LogP contribution in [0.4, 0.5) is 27.4 Å². The summed E-state index contributed by atoms with van der Waals surface area (Å²) in [5.74, 6) is -0.159. The maximum Gasteiger partial charge on any atom is 0.326 e. The summed E-state index contributed by atoms with van der Waals surface area (Å²) in [6.07, 6.45) is 8.24. The van der Waals surface area contributed by atoms with E-state index in [2.05, 4.69) is 100 Å². The first-order chi connectivity index (χ1) is 68.5. The molecule has 0 bridgehead atoms. The number of benzene rings is 4. The fourth-order valence-corrected chi connectivity index (χ4v) is 17.6. The number of ether oxygens (including phenoxy) is 8. The minimum absolute atomic E-state index is 0.00180. The molecule has 2 unspecified atom stereocenters. The number of rotatable bonds is 45. The molecule has 41 nitrogen and oxygen atoms in total. The van der Waals surface area contributed by atoms with Gasteiger partial charge in [-0.25, -0.2) is 14.6 Å². The Morgan fingerprint density at radius 3 is 1.54 bits per heavy atom. The van der Waals surface area contributed by atoms with Crippen molar-refractivity contribution in [3.8, 4) is 34.0 Å². The molecule has 4 aromatic carbocycles. The molecule has 42 heteroatoms. The number of amides is 9. The molecule has 12 heterocycles. The summed E-state index contributed by atoms with van der Waals surface area (Å²) in [6.45, 7) is 23.1. The number of fused-ring (bicyclic) bond motifs is 8. The molecule has 12 aromatic rings. The maximum absolute atomic E-state index is 13.6. The molecule has 18 rings (SSSR count). The van der Waals surface area contributed by atoms with Crippen LogP contribution >= 0.6 is 0 Å². The second-order valence-electron chi connectivity index (χ2n) is 34.3. The van der Waals surface area contributed by atoms with Crippen LogP contribution in [0.5, 0.6) is 11.8 Å². The van der Waals surface area contributed by atoms with E-state index in [9.17, 15) is 52.3 Å². The first-order valence-corrected chi connectivity index (χ1v) is 47.1. The van der Waals surface area contributed by atoms with Crippen LogP contribution in [0.3, 0.4) is 0 Å². The second-order valence-corrected chi connectivity index (χ2v) is 34.3. The highest BCUT2D eigenvalue weighted by atomic mass is 19.1. The highest BCUT2D eigenvalue weighted by molar-refractivity contribution is 6.27. The Hall–Kier alpha value is -14.2. The minimum atomic E-state index is -1.02. The lowest BCUT2D eigenvalue weighted by Crippen LogP contribution is -2.54. The third kappa shape index (κ3) is 22.9. The Morgan fingerprint density at radius 1 is 0.557 bits per heavy atom. The van der Waals surface area contributed by atoms with Crippen molar-refractivity contribution in [2.75, 3.05) is 136 Å². The van der Waals surface area contributed by atoms with Gasteiger partial charge in [-0.2, -0.15) is 20.2 Å². The lowest BCUT2D eigenvalue weighted by Gasteiger charge is -2.27. The number of H-pyrrole nitrogens is 2. The van der Waals surface area contributed by atoms with Crippen LogP contribution in [-0.4, -0.2) is 261 Å². The molecule has 2 saturated carbocycles. The van der Waals surface area contributed by atoms with Crippen molar-refractivity contribution in [1.82, 2.24) is 85.5 Å². The fourth-order valence-electron chi connectivity index (χ4n) is 17.6. The van der Waals surface area contributed by atoms with Crippen LogP contribution < -0.4 is 47.1 Å². The number of nitrogens with one attached hydrogen (secondary N) is 8. The van der Waals surface area contributed by atoms with Gasteiger partial charge < -0.3 is 83.9 Å². The van der Waals surface area contributed by atoms with Crippen LogP contribution in [0.1, 0.15) is 207 Å².